The summed E-state index contributed by atoms with van der Waals surface area (Å²) in [5.74, 6) is 0.969. The van der Waals surface area contributed by atoms with Gasteiger partial charge in [0, 0.05) is 25.0 Å². The van der Waals surface area contributed by atoms with E-state index < -0.39 is 6.09 Å². The lowest BCUT2D eigenvalue weighted by molar-refractivity contribution is -0.122. The molecule has 8 heteroatoms. The van der Waals surface area contributed by atoms with Gasteiger partial charge >= 0.3 is 6.09 Å². The van der Waals surface area contributed by atoms with Crippen molar-refractivity contribution >= 4 is 12.6 Å². The first-order chi connectivity index (χ1) is 10.9. The molecule has 1 amide bonds. The Kier molecular flexibility index (Phi) is 7.53. The Bertz CT molecular complexity index is 503. The molecule has 0 spiro atoms. The van der Waals surface area contributed by atoms with Crippen molar-refractivity contribution in [2.75, 3.05) is 13.6 Å². The van der Waals surface area contributed by atoms with E-state index >= 15 is 0 Å². The maximum absolute atomic E-state index is 11.0. The number of likely N-dealkylation sites (N-methyl/N-ethyl adjacent to an activating group) is 1. The van der Waals surface area contributed by atoms with E-state index in [1.807, 2.05) is 20.0 Å². The molecule has 0 saturated carbocycles. The molecule has 1 aromatic heterocycles. The maximum atomic E-state index is 11.0. The molecule has 1 aromatic rings. The number of hydrogen-bond donors (Lipinski definition) is 3. The summed E-state index contributed by atoms with van der Waals surface area (Å²) in [6.45, 7) is 5.76. The molecule has 0 bridgehead atoms. The highest BCUT2D eigenvalue weighted by Gasteiger charge is 2.26. The minimum absolute atomic E-state index is 0.161. The summed E-state index contributed by atoms with van der Waals surface area (Å²) >= 11 is 0. The molecule has 0 unspecified atom stereocenters. The van der Waals surface area contributed by atoms with Gasteiger partial charge in [-0.05, 0) is 32.4 Å². The van der Waals surface area contributed by atoms with Gasteiger partial charge in [0.15, 0.2) is 0 Å². The van der Waals surface area contributed by atoms with Gasteiger partial charge in [0.2, 0.25) is 0 Å². The van der Waals surface area contributed by atoms with E-state index in [0.29, 0.717) is 6.04 Å². The van der Waals surface area contributed by atoms with Crippen LogP contribution < -0.4 is 5.32 Å². The van der Waals surface area contributed by atoms with Gasteiger partial charge in [0.25, 0.3) is 6.47 Å². The number of amides is 1. The third kappa shape index (κ3) is 5.55. The van der Waals surface area contributed by atoms with Crippen LogP contribution in [0.1, 0.15) is 38.6 Å². The largest absolute Gasteiger partial charge is 0.483 e. The number of carbonyl (C=O) groups is 2. The van der Waals surface area contributed by atoms with E-state index in [2.05, 4.69) is 26.8 Å². The summed E-state index contributed by atoms with van der Waals surface area (Å²) in [6, 6.07) is 0.245. The zero-order chi connectivity index (χ0) is 17.4. The van der Waals surface area contributed by atoms with Crippen molar-refractivity contribution in [3.63, 3.8) is 0 Å². The highest BCUT2D eigenvalue weighted by molar-refractivity contribution is 5.65. The number of likely N-dealkylation sites (tertiary alicyclic amines) is 1. The molecule has 0 aliphatic carbocycles. The molecule has 0 aromatic carbocycles. The van der Waals surface area contributed by atoms with E-state index in [9.17, 15) is 4.79 Å². The molecule has 0 radical (unpaired) electrons. The molecule has 23 heavy (non-hydrogen) atoms. The molecular weight excluding hydrogens is 300 g/mol. The zero-order valence-electron chi connectivity index (χ0n) is 13.8. The van der Waals surface area contributed by atoms with Crippen LogP contribution in [-0.4, -0.2) is 56.9 Å². The Morgan fingerprint density at radius 3 is 2.70 bits per heavy atom. The Morgan fingerprint density at radius 1 is 1.57 bits per heavy atom. The van der Waals surface area contributed by atoms with Crippen LogP contribution in [0.2, 0.25) is 0 Å². The monoisotopic (exact) mass is 326 g/mol. The molecule has 1 aliphatic rings. The molecule has 2 rings (SSSR count). The molecule has 2 heterocycles. The van der Waals surface area contributed by atoms with Crippen molar-refractivity contribution in [1.29, 1.82) is 0 Å². The van der Waals surface area contributed by atoms with E-state index in [0.717, 1.165) is 18.9 Å². The fourth-order valence-electron chi connectivity index (χ4n) is 2.85. The second kappa shape index (κ2) is 9.14. The van der Waals surface area contributed by atoms with Crippen LogP contribution in [0.3, 0.4) is 0 Å². The van der Waals surface area contributed by atoms with Gasteiger partial charge in [-0.15, -0.1) is 0 Å². The number of aromatic nitrogens is 2. The Labute approximate surface area is 136 Å². The normalized spacial score (nSPS) is 19.0. The fraction of sp³-hybridized carbons (Fsp3) is 0.667. The van der Waals surface area contributed by atoms with Crippen LogP contribution in [0.15, 0.2) is 12.4 Å². The summed E-state index contributed by atoms with van der Waals surface area (Å²) in [5, 5.41) is 18.5. The van der Waals surface area contributed by atoms with Crippen LogP contribution in [0.25, 0.3) is 0 Å². The fourth-order valence-corrected chi connectivity index (χ4v) is 2.85. The van der Waals surface area contributed by atoms with Gasteiger partial charge < -0.3 is 25.0 Å². The highest BCUT2D eigenvalue weighted by atomic mass is 16.4. The second-order valence-electron chi connectivity index (χ2n) is 5.99. The summed E-state index contributed by atoms with van der Waals surface area (Å²) in [5.41, 5.74) is 0. The van der Waals surface area contributed by atoms with Gasteiger partial charge in [0.05, 0.1) is 6.04 Å². The van der Waals surface area contributed by atoms with Crippen LogP contribution in [-0.2, 0) is 11.3 Å². The quantitative estimate of drug-likeness (QED) is 0.710. The van der Waals surface area contributed by atoms with Crippen molar-refractivity contribution in [1.82, 2.24) is 19.8 Å². The summed E-state index contributed by atoms with van der Waals surface area (Å²) < 4.78 is 2.09. The van der Waals surface area contributed by atoms with Crippen LogP contribution in [0, 0.1) is 5.92 Å². The van der Waals surface area contributed by atoms with Crippen molar-refractivity contribution < 1.29 is 19.8 Å². The predicted molar refractivity (Wildman–Crippen MR) is 85.3 cm³/mol. The van der Waals surface area contributed by atoms with Gasteiger partial charge in [-0.25, -0.2) is 9.78 Å². The number of nitrogens with zero attached hydrogens (tertiary/aromatic N) is 3. The van der Waals surface area contributed by atoms with E-state index in [1.165, 1.54) is 12.8 Å². The zero-order valence-corrected chi connectivity index (χ0v) is 13.8. The molecule has 3 N–H and O–H groups in total. The third-order valence-electron chi connectivity index (χ3n) is 4.05. The van der Waals surface area contributed by atoms with Gasteiger partial charge in [0.1, 0.15) is 5.82 Å². The Balaban J connectivity index is 0.000000816. The average molecular weight is 326 g/mol. The number of imidazole rings is 1. The second-order valence-corrected chi connectivity index (χ2v) is 5.99. The number of nitrogens with one attached hydrogen (secondary N) is 1. The number of hydrogen-bond acceptors (Lipinski definition) is 4. The van der Waals surface area contributed by atoms with Crippen LogP contribution in [0.4, 0.5) is 4.79 Å². The van der Waals surface area contributed by atoms with Gasteiger partial charge in [-0.3, -0.25) is 4.79 Å². The van der Waals surface area contributed by atoms with Crippen molar-refractivity contribution in [3.8, 4) is 0 Å². The molecule has 8 nitrogen and oxygen atoms in total. The van der Waals surface area contributed by atoms with Crippen LogP contribution >= 0.6 is 0 Å². The lowest BCUT2D eigenvalue weighted by atomic mass is 10.0. The third-order valence-corrected chi connectivity index (χ3v) is 4.05. The maximum Gasteiger partial charge on any atom is 0.405 e. The minimum atomic E-state index is -1.00. The van der Waals surface area contributed by atoms with Crippen LogP contribution in [0.5, 0.6) is 0 Å². The topological polar surface area (TPSA) is 108 Å². The summed E-state index contributed by atoms with van der Waals surface area (Å²) in [7, 11) is 2.14. The molecule has 2 atom stereocenters. The lowest BCUT2D eigenvalue weighted by Crippen LogP contribution is -2.35. The van der Waals surface area contributed by atoms with E-state index in [4.69, 9.17) is 15.0 Å². The number of rotatable bonds is 5. The first-order valence-corrected chi connectivity index (χ1v) is 7.69. The molecule has 1 saturated heterocycles. The molecule has 1 fully saturated rings. The predicted octanol–water partition coefficient (Wildman–Crippen LogP) is 1.64. The first kappa shape index (κ1) is 19.0. The van der Waals surface area contributed by atoms with E-state index in [-0.39, 0.29) is 18.4 Å². The summed E-state index contributed by atoms with van der Waals surface area (Å²) in [6.07, 6.45) is 5.11. The molecule has 130 valence electrons. The van der Waals surface area contributed by atoms with Crippen molar-refractivity contribution in [3.05, 3.63) is 18.2 Å². The van der Waals surface area contributed by atoms with Gasteiger partial charge in [-0.2, -0.15) is 0 Å². The smallest absolute Gasteiger partial charge is 0.405 e. The standard InChI is InChI=1S/C14H24N4O2.CH2O2/c1-10(2)12(16-14(19)20)13-15-6-8-18(13)9-11-5-4-7-17(11)3;2-1-3/h6,8,10-12,16H,4-5,7,9H2,1-3H3,(H,19,20);1H,(H,2,3)/t11-,12-;/m0./s1. The van der Waals surface area contributed by atoms with Gasteiger partial charge in [-0.1, -0.05) is 13.8 Å². The summed E-state index contributed by atoms with van der Waals surface area (Å²) in [4.78, 5) is 26.1. The SMILES string of the molecule is CC(C)[C@H](NC(=O)O)c1nccn1C[C@@H]1CCCN1C.O=CO. The van der Waals surface area contributed by atoms with E-state index in [1.54, 1.807) is 6.20 Å². The Hall–Kier alpha value is -2.09. The van der Waals surface area contributed by atoms with Crippen molar-refractivity contribution in [2.45, 2.75) is 45.3 Å². The molecular formula is C15H26N4O4. The first-order valence-electron chi connectivity index (χ1n) is 7.69. The Morgan fingerprint density at radius 2 is 2.22 bits per heavy atom. The molecule has 1 aliphatic heterocycles. The highest BCUT2D eigenvalue weighted by Crippen LogP contribution is 2.23. The number of carboxylic acid groups (broad SMARTS) is 2. The van der Waals surface area contributed by atoms with Crippen molar-refractivity contribution in [2.24, 2.45) is 5.92 Å². The lowest BCUT2D eigenvalue weighted by Gasteiger charge is -2.25. The minimum Gasteiger partial charge on any atom is -0.483 e. The average Bonchev–Trinajstić information content (AvgIpc) is 3.07.